The molecule has 1 aliphatic rings. The number of rotatable bonds is 2. The quantitative estimate of drug-likeness (QED) is 0.718. The molecular formula is C8H12N2OS. The second-order valence-corrected chi connectivity index (χ2v) is 3.94. The van der Waals surface area contributed by atoms with Crippen molar-refractivity contribution in [3.05, 3.63) is 16.6 Å². The molecule has 0 radical (unpaired) electrons. The molecule has 2 N–H and O–H groups in total. The van der Waals surface area contributed by atoms with Gasteiger partial charge in [-0.1, -0.05) is 0 Å². The Kier molecular flexibility index (Phi) is 2.39. The van der Waals surface area contributed by atoms with Crippen molar-refractivity contribution >= 4 is 11.3 Å². The monoisotopic (exact) mass is 184 g/mol. The average molecular weight is 184 g/mol. The summed E-state index contributed by atoms with van der Waals surface area (Å²) in [5, 5.41) is 15.8. The lowest BCUT2D eigenvalue weighted by Gasteiger charge is -2.15. The fraction of sp³-hybridized carbons (Fsp3) is 0.625. The van der Waals surface area contributed by atoms with Crippen LogP contribution in [0.15, 0.2) is 11.6 Å². The zero-order valence-electron chi connectivity index (χ0n) is 6.73. The van der Waals surface area contributed by atoms with Crippen molar-refractivity contribution in [2.24, 2.45) is 0 Å². The first kappa shape index (κ1) is 8.16. The van der Waals surface area contributed by atoms with Gasteiger partial charge in [0.1, 0.15) is 11.1 Å². The number of aromatic nitrogens is 1. The lowest BCUT2D eigenvalue weighted by atomic mass is 10.1. The van der Waals surface area contributed by atoms with Crippen molar-refractivity contribution in [2.45, 2.75) is 25.0 Å². The van der Waals surface area contributed by atoms with Crippen molar-refractivity contribution in [1.82, 2.24) is 10.3 Å². The first-order valence-electron chi connectivity index (χ1n) is 4.19. The number of aliphatic hydroxyl groups is 1. The van der Waals surface area contributed by atoms with Crippen molar-refractivity contribution in [3.63, 3.8) is 0 Å². The summed E-state index contributed by atoms with van der Waals surface area (Å²) in [4.78, 5) is 4.09. The Bertz CT molecular complexity index is 231. The zero-order valence-corrected chi connectivity index (χ0v) is 7.55. The standard InChI is InChI=1S/C8H12N2OS/c11-7(6-2-1-3-9-6)8-10-4-5-12-8/h4-7,9,11H,1-3H2/t6-,7-/m1/s1. The minimum atomic E-state index is -0.410. The van der Waals surface area contributed by atoms with Gasteiger partial charge in [0.15, 0.2) is 0 Å². The Labute approximate surface area is 75.5 Å². The number of hydrogen-bond donors (Lipinski definition) is 2. The molecule has 66 valence electrons. The van der Waals surface area contributed by atoms with Gasteiger partial charge in [-0.2, -0.15) is 0 Å². The lowest BCUT2D eigenvalue weighted by Crippen LogP contribution is -2.28. The zero-order chi connectivity index (χ0) is 8.39. The second-order valence-electron chi connectivity index (χ2n) is 3.02. The molecule has 0 unspecified atom stereocenters. The minimum absolute atomic E-state index is 0.219. The summed E-state index contributed by atoms with van der Waals surface area (Å²) in [5.41, 5.74) is 0. The van der Waals surface area contributed by atoms with Crippen molar-refractivity contribution in [3.8, 4) is 0 Å². The second kappa shape index (κ2) is 3.51. The van der Waals surface area contributed by atoms with E-state index in [0.29, 0.717) is 0 Å². The fourth-order valence-corrected chi connectivity index (χ4v) is 2.22. The van der Waals surface area contributed by atoms with Gasteiger partial charge >= 0.3 is 0 Å². The van der Waals surface area contributed by atoms with Crippen LogP contribution in [0.5, 0.6) is 0 Å². The van der Waals surface area contributed by atoms with Crippen LogP contribution < -0.4 is 5.32 Å². The fourth-order valence-electron chi connectivity index (χ4n) is 1.53. The summed E-state index contributed by atoms with van der Waals surface area (Å²) in [6, 6.07) is 0.219. The van der Waals surface area contributed by atoms with E-state index in [2.05, 4.69) is 10.3 Å². The van der Waals surface area contributed by atoms with Crippen molar-refractivity contribution in [1.29, 1.82) is 0 Å². The van der Waals surface area contributed by atoms with Gasteiger partial charge in [0.25, 0.3) is 0 Å². The molecule has 2 atom stereocenters. The number of nitrogens with one attached hydrogen (secondary N) is 1. The molecule has 1 saturated heterocycles. The van der Waals surface area contributed by atoms with Gasteiger partial charge in [-0.25, -0.2) is 4.98 Å². The van der Waals surface area contributed by atoms with Crippen LogP contribution in [-0.4, -0.2) is 22.7 Å². The van der Waals surface area contributed by atoms with Gasteiger partial charge in [0, 0.05) is 17.6 Å². The third kappa shape index (κ3) is 1.50. The van der Waals surface area contributed by atoms with E-state index in [0.717, 1.165) is 24.4 Å². The van der Waals surface area contributed by atoms with Gasteiger partial charge in [-0.3, -0.25) is 0 Å². The van der Waals surface area contributed by atoms with E-state index in [-0.39, 0.29) is 6.04 Å². The molecule has 1 aromatic heterocycles. The maximum atomic E-state index is 9.79. The molecule has 1 aliphatic heterocycles. The van der Waals surface area contributed by atoms with Gasteiger partial charge < -0.3 is 10.4 Å². The summed E-state index contributed by atoms with van der Waals surface area (Å²) in [6.07, 6.45) is 3.54. The Balaban J connectivity index is 2.04. The largest absolute Gasteiger partial charge is 0.384 e. The van der Waals surface area contributed by atoms with E-state index in [1.165, 1.54) is 11.3 Å². The highest BCUT2D eigenvalue weighted by Crippen LogP contribution is 2.23. The summed E-state index contributed by atoms with van der Waals surface area (Å²) in [6.45, 7) is 1.02. The number of thiazole rings is 1. The highest BCUT2D eigenvalue weighted by molar-refractivity contribution is 7.09. The topological polar surface area (TPSA) is 45.2 Å². The van der Waals surface area contributed by atoms with E-state index < -0.39 is 6.10 Å². The maximum absolute atomic E-state index is 9.79. The maximum Gasteiger partial charge on any atom is 0.123 e. The van der Waals surface area contributed by atoms with Gasteiger partial charge in [-0.05, 0) is 19.4 Å². The van der Waals surface area contributed by atoms with E-state index >= 15 is 0 Å². The molecule has 1 fully saturated rings. The molecule has 0 spiro atoms. The van der Waals surface area contributed by atoms with Gasteiger partial charge in [0.05, 0.1) is 0 Å². The summed E-state index contributed by atoms with van der Waals surface area (Å²) in [5.74, 6) is 0. The van der Waals surface area contributed by atoms with Crippen LogP contribution in [-0.2, 0) is 0 Å². The van der Waals surface area contributed by atoms with Crippen LogP contribution in [0.3, 0.4) is 0 Å². The lowest BCUT2D eigenvalue weighted by molar-refractivity contribution is 0.137. The molecule has 1 aromatic rings. The van der Waals surface area contributed by atoms with Crippen molar-refractivity contribution < 1.29 is 5.11 Å². The van der Waals surface area contributed by atoms with Crippen LogP contribution in [0, 0.1) is 0 Å². The Morgan fingerprint density at radius 1 is 1.75 bits per heavy atom. The number of hydrogen-bond acceptors (Lipinski definition) is 4. The normalized spacial score (nSPS) is 25.9. The van der Waals surface area contributed by atoms with Crippen molar-refractivity contribution in [2.75, 3.05) is 6.54 Å². The van der Waals surface area contributed by atoms with Crippen LogP contribution in [0.25, 0.3) is 0 Å². The SMILES string of the molecule is O[C@@H](c1nccs1)[C@H]1CCCN1. The predicted octanol–water partition coefficient (Wildman–Crippen LogP) is 0.929. The third-order valence-electron chi connectivity index (χ3n) is 2.18. The van der Waals surface area contributed by atoms with Crippen LogP contribution in [0.2, 0.25) is 0 Å². The average Bonchev–Trinajstić information content (AvgIpc) is 2.77. The molecule has 12 heavy (non-hydrogen) atoms. The number of aliphatic hydroxyl groups excluding tert-OH is 1. The molecule has 2 rings (SSSR count). The van der Waals surface area contributed by atoms with E-state index in [1.54, 1.807) is 6.20 Å². The van der Waals surface area contributed by atoms with Gasteiger partial charge in [-0.15, -0.1) is 11.3 Å². The summed E-state index contributed by atoms with van der Waals surface area (Å²) < 4.78 is 0. The summed E-state index contributed by atoms with van der Waals surface area (Å²) in [7, 11) is 0. The smallest absolute Gasteiger partial charge is 0.123 e. The van der Waals surface area contributed by atoms with Crippen LogP contribution >= 0.6 is 11.3 Å². The first-order valence-corrected chi connectivity index (χ1v) is 5.07. The third-order valence-corrected chi connectivity index (χ3v) is 3.03. The highest BCUT2D eigenvalue weighted by Gasteiger charge is 2.25. The Morgan fingerprint density at radius 2 is 2.67 bits per heavy atom. The minimum Gasteiger partial charge on any atom is -0.384 e. The highest BCUT2D eigenvalue weighted by atomic mass is 32.1. The molecule has 0 amide bonds. The molecular weight excluding hydrogens is 172 g/mol. The van der Waals surface area contributed by atoms with Crippen LogP contribution in [0.1, 0.15) is 24.0 Å². The molecule has 3 nitrogen and oxygen atoms in total. The summed E-state index contributed by atoms with van der Waals surface area (Å²) >= 11 is 1.52. The Hall–Kier alpha value is -0.450. The number of nitrogens with zero attached hydrogens (tertiary/aromatic N) is 1. The molecule has 2 heterocycles. The van der Waals surface area contributed by atoms with Crippen LogP contribution in [0.4, 0.5) is 0 Å². The van der Waals surface area contributed by atoms with Gasteiger partial charge in [0.2, 0.25) is 0 Å². The molecule has 0 saturated carbocycles. The molecule has 0 aliphatic carbocycles. The van der Waals surface area contributed by atoms with E-state index in [9.17, 15) is 5.11 Å². The Morgan fingerprint density at radius 3 is 3.25 bits per heavy atom. The molecule has 0 aromatic carbocycles. The van der Waals surface area contributed by atoms with E-state index in [1.807, 2.05) is 5.38 Å². The first-order chi connectivity index (χ1) is 5.88. The molecule has 0 bridgehead atoms. The predicted molar refractivity (Wildman–Crippen MR) is 48.1 cm³/mol. The molecule has 4 heteroatoms. The van der Waals surface area contributed by atoms with E-state index in [4.69, 9.17) is 0 Å².